The molecule has 0 rings (SSSR count). The van der Waals surface area contributed by atoms with E-state index in [0.29, 0.717) is 0 Å². The maximum Gasteiger partial charge on any atom is 0.466 e. The Labute approximate surface area is 145 Å². The van der Waals surface area contributed by atoms with Gasteiger partial charge >= 0.3 is 32.5 Å². The van der Waals surface area contributed by atoms with Gasteiger partial charge in [0.15, 0.2) is 0 Å². The Morgan fingerprint density at radius 2 is 1.23 bits per heavy atom. The van der Waals surface area contributed by atoms with Crippen LogP contribution in [-0.4, -0.2) is 51.0 Å². The molecule has 14 heteroatoms. The van der Waals surface area contributed by atoms with Crippen LogP contribution in [0.1, 0.15) is 40.0 Å². The molecule has 1 unspecified atom stereocenters. The topological polar surface area (TPSA) is 89.8 Å². The minimum absolute atomic E-state index is 0.469. The summed E-state index contributed by atoms with van der Waals surface area (Å²) in [4.78, 5) is 21.6. The number of hydrogen-bond donors (Lipinski definition) is 4. The molecule has 0 radical (unpaired) electrons. The highest BCUT2D eigenvalue weighted by Crippen LogP contribution is 2.37. The van der Waals surface area contributed by atoms with Crippen LogP contribution < -0.4 is 5.32 Å². The molecule has 0 aromatic rings. The lowest BCUT2D eigenvalue weighted by molar-refractivity contribution is -0.154. The number of nitrogens with one attached hydrogen (secondary N) is 1. The van der Waals surface area contributed by atoms with Crippen molar-refractivity contribution in [1.82, 2.24) is 5.32 Å². The van der Waals surface area contributed by atoms with Gasteiger partial charge in [-0.25, -0.2) is 39.7 Å². The Morgan fingerprint density at radius 1 is 0.885 bits per heavy atom. The number of halogens is 8. The molecule has 0 saturated heterocycles. The van der Waals surface area contributed by atoms with Crippen LogP contribution in [0.15, 0.2) is 0 Å². The summed E-state index contributed by atoms with van der Waals surface area (Å²) in [6.07, 6.45) is -11.5. The maximum atomic E-state index is 13.1. The summed E-state index contributed by atoms with van der Waals surface area (Å²) in [6, 6.07) is -0.469. The first kappa shape index (κ1) is 27.7. The van der Waals surface area contributed by atoms with Crippen LogP contribution in [0.2, 0.25) is 0 Å². The molecule has 160 valence electrons. The van der Waals surface area contributed by atoms with E-state index in [0.717, 1.165) is 6.92 Å². The molecule has 0 saturated carbocycles. The molecule has 0 amide bonds. The minimum atomic E-state index is -4.64. The van der Waals surface area contributed by atoms with Gasteiger partial charge in [-0.1, -0.05) is 13.8 Å². The molecule has 0 fully saturated rings. The van der Waals surface area contributed by atoms with E-state index in [1.54, 1.807) is 0 Å². The zero-order valence-electron chi connectivity index (χ0n) is 14.1. The first-order valence-electron chi connectivity index (χ1n) is 7.10. The van der Waals surface area contributed by atoms with E-state index in [9.17, 15) is 35.1 Å². The summed E-state index contributed by atoms with van der Waals surface area (Å²) in [5, 5.41) is 2.49. The van der Waals surface area contributed by atoms with E-state index in [2.05, 4.69) is 5.32 Å². The lowest BCUT2D eigenvalue weighted by atomic mass is 9.86. The molecule has 0 aromatic carbocycles. The van der Waals surface area contributed by atoms with Crippen LogP contribution in [0, 0.1) is 0 Å². The first-order valence-corrected chi connectivity index (χ1v) is 8.66. The van der Waals surface area contributed by atoms with Gasteiger partial charge in [-0.05, 0) is 13.3 Å². The van der Waals surface area contributed by atoms with Gasteiger partial charge in [-0.3, -0.25) is 0 Å². The second-order valence-corrected chi connectivity index (χ2v) is 7.20. The molecule has 0 spiro atoms. The molecule has 26 heavy (non-hydrogen) atoms. The number of rotatable bonds is 9. The van der Waals surface area contributed by atoms with Crippen LogP contribution >= 0.6 is 7.82 Å². The number of alkyl halides is 8. The van der Waals surface area contributed by atoms with Gasteiger partial charge < -0.3 is 20.0 Å². The Balaban J connectivity index is 0. The van der Waals surface area contributed by atoms with Crippen LogP contribution in [0.4, 0.5) is 35.1 Å². The Hall–Kier alpha value is -0.490. The first-order chi connectivity index (χ1) is 11.2. The number of phosphoric acid groups is 1. The normalized spacial score (nSPS) is 15.9. The minimum Gasteiger partial charge on any atom is -0.309 e. The molecule has 0 bridgehead atoms. The van der Waals surface area contributed by atoms with Crippen molar-refractivity contribution in [2.75, 3.05) is 0 Å². The molecule has 0 aliphatic heterocycles. The zero-order valence-corrected chi connectivity index (χ0v) is 15.0. The van der Waals surface area contributed by atoms with E-state index < -0.39 is 63.4 Å². The third kappa shape index (κ3) is 13.7. The standard InChI is InChI=1S/C12H19F8N.H3O4P/c1-7(2)21-10(3,6-12(19,20)9(15)16)4-5-11(17,18)8(13)14;1-5(2,3)4/h7-9,21H,4-6H2,1-3H3;(H3,1,2,3,4). The van der Waals surface area contributed by atoms with Crippen LogP contribution in [0.3, 0.4) is 0 Å². The molecular weight excluding hydrogens is 405 g/mol. The van der Waals surface area contributed by atoms with E-state index in [1.165, 1.54) is 13.8 Å². The molecular formula is C12H22F8NO4P. The highest BCUT2D eigenvalue weighted by molar-refractivity contribution is 7.45. The molecule has 0 aromatic heterocycles. The predicted octanol–water partition coefficient (Wildman–Crippen LogP) is 3.79. The lowest BCUT2D eigenvalue weighted by Crippen LogP contribution is -2.52. The summed E-state index contributed by atoms with van der Waals surface area (Å²) >= 11 is 0. The van der Waals surface area contributed by atoms with Gasteiger partial charge in [-0.2, -0.15) is 0 Å². The van der Waals surface area contributed by atoms with Crippen molar-refractivity contribution in [3.8, 4) is 0 Å². The van der Waals surface area contributed by atoms with E-state index >= 15 is 0 Å². The fourth-order valence-electron chi connectivity index (χ4n) is 2.06. The largest absolute Gasteiger partial charge is 0.466 e. The van der Waals surface area contributed by atoms with Crippen molar-refractivity contribution in [3.63, 3.8) is 0 Å². The molecule has 0 aliphatic rings. The predicted molar refractivity (Wildman–Crippen MR) is 76.7 cm³/mol. The summed E-state index contributed by atoms with van der Waals surface area (Å²) in [5.41, 5.74) is -1.81. The Morgan fingerprint density at radius 3 is 1.50 bits per heavy atom. The van der Waals surface area contributed by atoms with Gasteiger partial charge in [-0.15, -0.1) is 0 Å². The maximum absolute atomic E-state index is 13.1. The summed E-state index contributed by atoms with van der Waals surface area (Å²) < 4.78 is 110. The van der Waals surface area contributed by atoms with Crippen LogP contribution in [0.5, 0.6) is 0 Å². The van der Waals surface area contributed by atoms with Crippen molar-refractivity contribution < 1.29 is 54.4 Å². The van der Waals surface area contributed by atoms with Crippen molar-refractivity contribution in [2.24, 2.45) is 0 Å². The second kappa shape index (κ2) is 10.2. The third-order valence-electron chi connectivity index (χ3n) is 2.91. The molecule has 1 atom stereocenters. The monoisotopic (exact) mass is 427 g/mol. The van der Waals surface area contributed by atoms with Gasteiger partial charge in [0.25, 0.3) is 0 Å². The Kier molecular flexibility index (Phi) is 10.8. The third-order valence-corrected chi connectivity index (χ3v) is 2.91. The van der Waals surface area contributed by atoms with Gasteiger partial charge in [0.2, 0.25) is 0 Å². The van der Waals surface area contributed by atoms with E-state index in [4.69, 9.17) is 19.2 Å². The average molecular weight is 427 g/mol. The molecule has 0 aliphatic carbocycles. The van der Waals surface area contributed by atoms with Crippen LogP contribution in [0.25, 0.3) is 0 Å². The fourth-order valence-corrected chi connectivity index (χ4v) is 2.06. The van der Waals surface area contributed by atoms with Crippen molar-refractivity contribution in [1.29, 1.82) is 0 Å². The van der Waals surface area contributed by atoms with E-state index in [1.807, 2.05) is 0 Å². The highest BCUT2D eigenvalue weighted by Gasteiger charge is 2.49. The van der Waals surface area contributed by atoms with Crippen molar-refractivity contribution in [2.45, 2.75) is 76.3 Å². The highest BCUT2D eigenvalue weighted by atomic mass is 31.2. The fraction of sp³-hybridized carbons (Fsp3) is 1.00. The summed E-state index contributed by atoms with van der Waals surface area (Å²) in [7, 11) is -4.64. The molecule has 4 N–H and O–H groups in total. The van der Waals surface area contributed by atoms with Crippen molar-refractivity contribution in [3.05, 3.63) is 0 Å². The quantitative estimate of drug-likeness (QED) is 0.332. The average Bonchev–Trinajstić information content (AvgIpc) is 2.32. The number of hydrogen-bond acceptors (Lipinski definition) is 2. The Bertz CT molecular complexity index is 452. The second-order valence-electron chi connectivity index (χ2n) is 6.17. The van der Waals surface area contributed by atoms with E-state index in [-0.39, 0.29) is 0 Å². The zero-order chi connectivity index (χ0) is 21.6. The van der Waals surface area contributed by atoms with Crippen LogP contribution in [-0.2, 0) is 4.57 Å². The van der Waals surface area contributed by atoms with Crippen molar-refractivity contribution >= 4 is 7.82 Å². The molecule has 0 heterocycles. The molecule has 5 nitrogen and oxygen atoms in total. The summed E-state index contributed by atoms with van der Waals surface area (Å²) in [5.74, 6) is -8.74. The van der Waals surface area contributed by atoms with Gasteiger partial charge in [0.05, 0.1) is 0 Å². The van der Waals surface area contributed by atoms with Gasteiger partial charge in [0.1, 0.15) is 0 Å². The van der Waals surface area contributed by atoms with Gasteiger partial charge in [0, 0.05) is 24.4 Å². The smallest absolute Gasteiger partial charge is 0.309 e. The SMILES string of the molecule is CC(C)NC(C)(CCC(F)(F)C(F)F)CC(F)(F)C(F)F.O=P(O)(O)O. The summed E-state index contributed by atoms with van der Waals surface area (Å²) in [6.45, 7) is 4.05. The lowest BCUT2D eigenvalue weighted by Gasteiger charge is -2.36.